The van der Waals surface area contributed by atoms with Crippen LogP contribution >= 0.6 is 11.6 Å². The Balaban J connectivity index is 1.85. The molecule has 1 saturated heterocycles. The summed E-state index contributed by atoms with van der Waals surface area (Å²) in [5, 5.41) is 3.10. The fraction of sp³-hybridized carbons (Fsp3) is 0.348. The van der Waals surface area contributed by atoms with E-state index in [0.717, 1.165) is 32.5 Å². The number of nitrogens with one attached hydrogen (secondary N) is 1. The van der Waals surface area contributed by atoms with Crippen molar-refractivity contribution in [3.05, 3.63) is 71.8 Å². The molecule has 31 heavy (non-hydrogen) atoms. The minimum absolute atomic E-state index is 0.0674. The molecule has 0 spiro atoms. The molecule has 1 aliphatic rings. The Morgan fingerprint density at radius 3 is 2.52 bits per heavy atom. The number of nitrogens with zero attached hydrogens (tertiary/aromatic N) is 2. The summed E-state index contributed by atoms with van der Waals surface area (Å²) in [6.07, 6.45) is 3.26. The van der Waals surface area contributed by atoms with Gasteiger partial charge in [0.2, 0.25) is 0 Å². The summed E-state index contributed by atoms with van der Waals surface area (Å²) >= 11 is 6.27. The van der Waals surface area contributed by atoms with Crippen molar-refractivity contribution < 1.29 is 13.2 Å². The summed E-state index contributed by atoms with van der Waals surface area (Å²) in [6, 6.07) is 13.2. The van der Waals surface area contributed by atoms with Crippen molar-refractivity contribution in [2.45, 2.75) is 30.7 Å². The van der Waals surface area contributed by atoms with E-state index in [1.54, 1.807) is 30.3 Å². The molecule has 0 bridgehead atoms. The Morgan fingerprint density at radius 2 is 1.90 bits per heavy atom. The van der Waals surface area contributed by atoms with Crippen molar-refractivity contribution in [1.29, 1.82) is 0 Å². The number of rotatable bonds is 8. The Bertz CT molecular complexity index is 1020. The fourth-order valence-electron chi connectivity index (χ4n) is 3.68. The van der Waals surface area contributed by atoms with E-state index >= 15 is 0 Å². The second kappa shape index (κ2) is 10.3. The lowest BCUT2D eigenvalue weighted by Crippen LogP contribution is -2.44. The molecule has 1 N–H and O–H groups in total. The largest absolute Gasteiger partial charge is 0.349 e. The normalized spacial score (nSPS) is 15.4. The van der Waals surface area contributed by atoms with Crippen LogP contribution in [0.25, 0.3) is 0 Å². The molecule has 8 heteroatoms. The molecular weight excluding hydrogens is 434 g/mol. The number of sulfonamides is 1. The molecule has 0 saturated carbocycles. The number of amides is 1. The summed E-state index contributed by atoms with van der Waals surface area (Å²) in [6.45, 7) is 8.76. The lowest BCUT2D eigenvalue weighted by Gasteiger charge is -2.31. The molecule has 0 unspecified atom stereocenters. The molecule has 0 aromatic heterocycles. The zero-order valence-corrected chi connectivity index (χ0v) is 19.2. The third kappa shape index (κ3) is 5.47. The molecule has 1 aliphatic heterocycles. The van der Waals surface area contributed by atoms with Crippen LogP contribution in [0, 0.1) is 0 Å². The lowest BCUT2D eigenvalue weighted by molar-refractivity contribution is 0.0912. The number of hydrogen-bond donors (Lipinski definition) is 1. The van der Waals surface area contributed by atoms with Crippen molar-refractivity contribution in [1.82, 2.24) is 10.2 Å². The highest BCUT2D eigenvalue weighted by atomic mass is 35.5. The molecule has 2 aromatic carbocycles. The van der Waals surface area contributed by atoms with E-state index in [0.29, 0.717) is 5.69 Å². The number of hydrogen-bond acceptors (Lipinski definition) is 4. The van der Waals surface area contributed by atoms with Crippen LogP contribution in [0.5, 0.6) is 0 Å². The number of carbonyl (C=O) groups is 1. The van der Waals surface area contributed by atoms with E-state index < -0.39 is 10.0 Å². The molecule has 166 valence electrons. The highest BCUT2D eigenvalue weighted by Crippen LogP contribution is 2.29. The summed E-state index contributed by atoms with van der Waals surface area (Å²) in [5.74, 6) is -0.293. The van der Waals surface area contributed by atoms with Crippen LogP contribution in [0.3, 0.4) is 0 Å². The van der Waals surface area contributed by atoms with Crippen molar-refractivity contribution in [3.63, 3.8) is 0 Å². The lowest BCUT2D eigenvalue weighted by atomic mass is 10.0. The molecule has 3 rings (SSSR count). The van der Waals surface area contributed by atoms with Gasteiger partial charge in [0.1, 0.15) is 4.90 Å². The second-order valence-corrected chi connectivity index (χ2v) is 9.73. The predicted molar refractivity (Wildman–Crippen MR) is 125 cm³/mol. The van der Waals surface area contributed by atoms with E-state index in [1.165, 1.54) is 22.5 Å². The van der Waals surface area contributed by atoms with E-state index in [9.17, 15) is 13.2 Å². The Hall–Kier alpha value is -2.35. The van der Waals surface area contributed by atoms with Crippen LogP contribution < -0.4 is 9.62 Å². The van der Waals surface area contributed by atoms with Gasteiger partial charge >= 0.3 is 0 Å². The van der Waals surface area contributed by atoms with E-state index in [4.69, 9.17) is 11.6 Å². The highest BCUT2D eigenvalue weighted by molar-refractivity contribution is 7.93. The van der Waals surface area contributed by atoms with Gasteiger partial charge in [-0.15, -0.1) is 6.58 Å². The molecular formula is C23H28ClN3O3S. The minimum Gasteiger partial charge on any atom is -0.349 e. The average Bonchev–Trinajstić information content (AvgIpc) is 2.78. The van der Waals surface area contributed by atoms with Crippen LogP contribution in [0.1, 0.15) is 30.1 Å². The number of anilines is 1. The van der Waals surface area contributed by atoms with Gasteiger partial charge in [-0.3, -0.25) is 9.10 Å². The van der Waals surface area contributed by atoms with Crippen molar-refractivity contribution >= 4 is 33.2 Å². The van der Waals surface area contributed by atoms with Gasteiger partial charge in [-0.25, -0.2) is 8.42 Å². The molecule has 6 nitrogen and oxygen atoms in total. The molecule has 1 heterocycles. The van der Waals surface area contributed by atoms with Crippen molar-refractivity contribution in [3.8, 4) is 0 Å². The summed E-state index contributed by atoms with van der Waals surface area (Å²) < 4.78 is 28.1. The molecule has 1 fully saturated rings. The smallest absolute Gasteiger partial charge is 0.266 e. The molecule has 1 amide bonds. The van der Waals surface area contributed by atoms with Gasteiger partial charge in [-0.2, -0.15) is 0 Å². The van der Waals surface area contributed by atoms with Crippen LogP contribution in [-0.4, -0.2) is 51.4 Å². The Kier molecular flexibility index (Phi) is 7.75. The predicted octanol–water partition coefficient (Wildman–Crippen LogP) is 3.94. The standard InChI is InChI=1S/C23H28ClN3O3S/c1-3-14-27(20-8-6-5-7-9-20)31(29,30)22-17-18(10-11-21(22)24)23(28)25-19-12-15-26(4-2)16-13-19/h3,5-11,17,19H,1,4,12-16H2,2H3,(H,25,28). The summed E-state index contributed by atoms with van der Waals surface area (Å²) in [4.78, 5) is 15.1. The number of benzene rings is 2. The maximum absolute atomic E-state index is 13.4. The number of halogens is 1. The number of para-hydroxylation sites is 1. The Morgan fingerprint density at radius 1 is 1.23 bits per heavy atom. The average molecular weight is 462 g/mol. The second-order valence-electron chi connectivity index (χ2n) is 7.49. The molecule has 0 atom stereocenters. The van der Waals surface area contributed by atoms with Crippen molar-refractivity contribution in [2.24, 2.45) is 0 Å². The van der Waals surface area contributed by atoms with E-state index in [-0.39, 0.29) is 34.0 Å². The zero-order valence-electron chi connectivity index (χ0n) is 17.6. The van der Waals surface area contributed by atoms with Crippen LogP contribution in [0.15, 0.2) is 66.1 Å². The molecule has 0 aliphatic carbocycles. The van der Waals surface area contributed by atoms with Gasteiger partial charge in [-0.05, 0) is 49.7 Å². The van der Waals surface area contributed by atoms with E-state index in [1.807, 2.05) is 6.07 Å². The highest BCUT2D eigenvalue weighted by Gasteiger charge is 2.28. The number of piperidine rings is 1. The summed E-state index contributed by atoms with van der Waals surface area (Å²) in [5.41, 5.74) is 0.767. The van der Waals surface area contributed by atoms with Gasteiger partial charge in [0.25, 0.3) is 15.9 Å². The summed E-state index contributed by atoms with van der Waals surface area (Å²) in [7, 11) is -4.00. The maximum Gasteiger partial charge on any atom is 0.266 e. The van der Waals surface area contributed by atoms with Crippen LogP contribution in [0.4, 0.5) is 5.69 Å². The molecule has 2 aromatic rings. The van der Waals surface area contributed by atoms with E-state index in [2.05, 4.69) is 23.7 Å². The third-order valence-electron chi connectivity index (χ3n) is 5.47. The van der Waals surface area contributed by atoms with Gasteiger partial charge in [0.05, 0.1) is 17.3 Å². The van der Waals surface area contributed by atoms with Gasteiger partial charge < -0.3 is 10.2 Å². The van der Waals surface area contributed by atoms with Crippen LogP contribution in [-0.2, 0) is 10.0 Å². The first kappa shape index (κ1) is 23.3. The maximum atomic E-state index is 13.4. The fourth-order valence-corrected chi connectivity index (χ4v) is 5.62. The van der Waals surface area contributed by atoms with Gasteiger partial charge in [0.15, 0.2) is 0 Å². The van der Waals surface area contributed by atoms with Crippen molar-refractivity contribution in [2.75, 3.05) is 30.5 Å². The topological polar surface area (TPSA) is 69.7 Å². The van der Waals surface area contributed by atoms with Gasteiger partial charge in [-0.1, -0.05) is 42.8 Å². The monoisotopic (exact) mass is 461 g/mol. The number of carbonyl (C=O) groups excluding carboxylic acids is 1. The SMILES string of the molecule is C=CCN(c1ccccc1)S(=O)(=O)c1cc(C(=O)NC2CCN(CC)CC2)ccc1Cl. The first-order valence-electron chi connectivity index (χ1n) is 10.4. The zero-order chi connectivity index (χ0) is 22.4. The quantitative estimate of drug-likeness (QED) is 0.604. The minimum atomic E-state index is -4.00. The van der Waals surface area contributed by atoms with Gasteiger partial charge in [0, 0.05) is 24.7 Å². The first-order chi connectivity index (χ1) is 14.9. The first-order valence-corrected chi connectivity index (χ1v) is 12.2. The Labute approximate surface area is 189 Å². The molecule has 0 radical (unpaired) electrons. The van der Waals surface area contributed by atoms with Crippen LogP contribution in [0.2, 0.25) is 5.02 Å². The number of likely N-dealkylation sites (tertiary alicyclic amines) is 1. The third-order valence-corrected chi connectivity index (χ3v) is 7.75.